The molecular weight excluding hydrogens is 718 g/mol. The molecule has 8 nitrogen and oxygen atoms in total. The van der Waals surface area contributed by atoms with Crippen LogP contribution >= 0.6 is 0 Å². The molecule has 0 radical (unpaired) electrons. The quantitative estimate of drug-likeness (QED) is 0.203. The van der Waals surface area contributed by atoms with Crippen molar-refractivity contribution >= 4 is 22.6 Å². The topological polar surface area (TPSA) is 79.2 Å². The SMILES string of the molecule is Cc1c(C(=O)Nc2ccc3cc(CN4CCN([I-]c5ccccccccc5)CC4)ccc3n2)nnn1-c1ccccc1C(F)(F)F. The summed E-state index contributed by atoms with van der Waals surface area (Å²) in [6, 6.07) is 33.6. The Bertz CT molecular complexity index is 1910. The van der Waals surface area contributed by atoms with E-state index < -0.39 is 17.6 Å². The summed E-state index contributed by atoms with van der Waals surface area (Å²) in [6.07, 6.45) is -4.58. The first kappa shape index (κ1) is 32.5. The largest absolute Gasteiger partial charge is 0.418 e. The molecule has 0 aliphatic carbocycles. The van der Waals surface area contributed by atoms with E-state index in [1.165, 1.54) is 34.3 Å². The first-order valence-electron chi connectivity index (χ1n) is 15.1. The molecule has 242 valence electrons. The number of amides is 1. The normalized spacial score (nSPS) is 14.2. The summed E-state index contributed by atoms with van der Waals surface area (Å²) in [5.74, 6) is -0.302. The van der Waals surface area contributed by atoms with Gasteiger partial charge in [0.25, 0.3) is 5.91 Å². The van der Waals surface area contributed by atoms with Gasteiger partial charge in [-0.1, -0.05) is 17.3 Å². The number of anilines is 1. The molecule has 0 unspecified atom stereocenters. The maximum atomic E-state index is 13.6. The van der Waals surface area contributed by atoms with E-state index in [-0.39, 0.29) is 38.6 Å². The van der Waals surface area contributed by atoms with E-state index in [4.69, 9.17) is 0 Å². The van der Waals surface area contributed by atoms with Crippen LogP contribution in [0.5, 0.6) is 0 Å². The molecule has 0 saturated carbocycles. The van der Waals surface area contributed by atoms with Gasteiger partial charge in [-0.15, -0.1) is 5.10 Å². The first-order valence-corrected chi connectivity index (χ1v) is 17.1. The summed E-state index contributed by atoms with van der Waals surface area (Å²) in [6.45, 7) is 6.43. The van der Waals surface area contributed by atoms with Crippen LogP contribution < -0.4 is 26.8 Å². The summed E-state index contributed by atoms with van der Waals surface area (Å²) in [7, 11) is 0. The molecule has 3 heterocycles. The zero-order chi connectivity index (χ0) is 32.8. The summed E-state index contributed by atoms with van der Waals surface area (Å²) < 4.78 is 45.7. The van der Waals surface area contributed by atoms with Crippen molar-refractivity contribution in [3.63, 3.8) is 0 Å². The Morgan fingerprint density at radius 2 is 1.53 bits per heavy atom. The second-order valence-corrected chi connectivity index (χ2v) is 14.1. The molecule has 0 atom stereocenters. The fraction of sp³-hybridized carbons (Fsp3) is 0.200. The van der Waals surface area contributed by atoms with Crippen LogP contribution in [-0.2, 0) is 12.7 Å². The van der Waals surface area contributed by atoms with Crippen molar-refractivity contribution in [2.24, 2.45) is 0 Å². The Labute approximate surface area is 281 Å². The first-order chi connectivity index (χ1) is 22.7. The number of hydrogen-bond donors (Lipinski definition) is 1. The minimum absolute atomic E-state index is 0.0865. The predicted octanol–water partition coefficient (Wildman–Crippen LogP) is 3.51. The van der Waals surface area contributed by atoms with Gasteiger partial charge >= 0.3 is 189 Å². The van der Waals surface area contributed by atoms with Crippen LogP contribution in [0.1, 0.15) is 27.3 Å². The van der Waals surface area contributed by atoms with Gasteiger partial charge in [-0.25, -0.2) is 4.68 Å². The minimum atomic E-state index is -4.58. The van der Waals surface area contributed by atoms with Crippen molar-refractivity contribution < 1.29 is 39.4 Å². The Morgan fingerprint density at radius 1 is 0.851 bits per heavy atom. The number of halogens is 4. The molecule has 1 aliphatic rings. The van der Waals surface area contributed by atoms with Crippen LogP contribution in [0, 0.1) is 10.5 Å². The zero-order valence-electron chi connectivity index (χ0n) is 25.5. The van der Waals surface area contributed by atoms with E-state index in [2.05, 4.69) is 77.2 Å². The monoisotopic (exact) mass is 750 g/mol. The van der Waals surface area contributed by atoms with Crippen LogP contribution in [0.2, 0.25) is 0 Å². The Morgan fingerprint density at radius 3 is 2.26 bits per heavy atom. The second-order valence-electron chi connectivity index (χ2n) is 11.0. The molecule has 5 aromatic rings. The third-order valence-electron chi connectivity index (χ3n) is 7.66. The van der Waals surface area contributed by atoms with Crippen molar-refractivity contribution in [2.45, 2.75) is 19.6 Å². The van der Waals surface area contributed by atoms with E-state index in [1.807, 2.05) is 30.3 Å². The fourth-order valence-corrected chi connectivity index (χ4v) is 7.71. The molecule has 12 heteroatoms. The number of fused-ring (bicyclic) bond motifs is 1. The van der Waals surface area contributed by atoms with Crippen LogP contribution in [0.4, 0.5) is 19.0 Å². The molecule has 0 bridgehead atoms. The standard InChI is InChI=1S/C35H32F3IN7O/c1-25-33(42-43-46(25)31-14-10-9-13-29(31)35(36,37)38)34(47)41-32-18-16-27-23-26(15-17-30(27)40-32)24-44-19-21-45(22-20-44)39-28-11-7-5-3-2-4-6-8-12-28/h2-18,23H,19-22,24H2,1H3,(H,40,41,47)/q-1. The van der Waals surface area contributed by atoms with E-state index in [9.17, 15) is 18.0 Å². The Balaban J connectivity index is 1.07. The van der Waals surface area contributed by atoms with Gasteiger partial charge in [-0.3, -0.25) is 4.79 Å². The van der Waals surface area contributed by atoms with Gasteiger partial charge in [0.1, 0.15) is 0 Å². The molecule has 3 aromatic carbocycles. The number of rotatable bonds is 7. The maximum Gasteiger partial charge on any atom is 0.418 e. The zero-order valence-corrected chi connectivity index (χ0v) is 27.7. The molecular formula is C35H32F3IN7O-. The maximum absolute atomic E-state index is 13.6. The fourth-order valence-electron chi connectivity index (χ4n) is 5.27. The number of benzene rings is 2. The number of para-hydroxylation sites is 1. The Kier molecular flexibility index (Phi) is 10.1. The van der Waals surface area contributed by atoms with Gasteiger partial charge < -0.3 is 0 Å². The van der Waals surface area contributed by atoms with Crippen LogP contribution in [0.15, 0.2) is 109 Å². The number of hydrogen-bond acceptors (Lipinski definition) is 6. The third-order valence-corrected chi connectivity index (χ3v) is 10.6. The van der Waals surface area contributed by atoms with Crippen molar-refractivity contribution in [1.29, 1.82) is 0 Å². The van der Waals surface area contributed by atoms with Gasteiger partial charge in [0.05, 0.1) is 16.9 Å². The van der Waals surface area contributed by atoms with Gasteiger partial charge in [0, 0.05) is 0 Å². The number of nitrogens with zero attached hydrogens (tertiary/aromatic N) is 6. The summed E-state index contributed by atoms with van der Waals surface area (Å²) in [5, 5.41) is 11.4. The van der Waals surface area contributed by atoms with E-state index in [0.717, 1.165) is 48.9 Å². The van der Waals surface area contributed by atoms with Crippen LogP contribution in [-0.4, -0.2) is 60.1 Å². The smallest absolute Gasteiger partial charge is 0.216 e. The van der Waals surface area contributed by atoms with Gasteiger partial charge in [-0.2, -0.15) is 13.2 Å². The minimum Gasteiger partial charge on any atom is -0.216 e. The molecule has 1 amide bonds. The molecule has 1 saturated heterocycles. The number of pyridine rings is 1. The molecule has 0 spiro atoms. The average Bonchev–Trinajstić information content (AvgIpc) is 3.45. The summed E-state index contributed by atoms with van der Waals surface area (Å²) >= 11 is -0.231. The Hall–Kier alpha value is -4.40. The van der Waals surface area contributed by atoms with Crippen molar-refractivity contribution in [3.8, 4) is 5.69 Å². The van der Waals surface area contributed by atoms with Crippen molar-refractivity contribution in [2.75, 3.05) is 31.5 Å². The molecule has 1 N–H and O–H groups in total. The number of aromatic nitrogens is 4. The molecule has 1 aliphatic heterocycles. The van der Waals surface area contributed by atoms with E-state index in [0.29, 0.717) is 11.3 Å². The van der Waals surface area contributed by atoms with Crippen LogP contribution in [0.3, 0.4) is 0 Å². The summed E-state index contributed by atoms with van der Waals surface area (Å²) in [4.78, 5) is 20.1. The summed E-state index contributed by atoms with van der Waals surface area (Å²) in [5.41, 5.74) is 0.928. The third kappa shape index (κ3) is 8.13. The van der Waals surface area contributed by atoms with E-state index in [1.54, 1.807) is 6.07 Å². The van der Waals surface area contributed by atoms with Gasteiger partial charge in [0.2, 0.25) is 0 Å². The second kappa shape index (κ2) is 14.6. The molecule has 47 heavy (non-hydrogen) atoms. The molecule has 6 rings (SSSR count). The van der Waals surface area contributed by atoms with Crippen molar-refractivity contribution in [1.82, 2.24) is 28.0 Å². The number of nitrogens with one attached hydrogen (secondary N) is 1. The van der Waals surface area contributed by atoms with Gasteiger partial charge in [-0.05, 0) is 19.1 Å². The van der Waals surface area contributed by atoms with Crippen LogP contribution in [0.25, 0.3) is 16.6 Å². The number of carbonyl (C=O) groups is 1. The number of alkyl halides is 3. The predicted molar refractivity (Wildman–Crippen MR) is 170 cm³/mol. The molecule has 2 aromatic heterocycles. The van der Waals surface area contributed by atoms with E-state index >= 15 is 0 Å². The van der Waals surface area contributed by atoms with Crippen molar-refractivity contribution in [3.05, 3.63) is 135 Å². The molecule has 1 fully saturated rings. The van der Waals surface area contributed by atoms with Gasteiger partial charge in [0.15, 0.2) is 5.69 Å². The number of carbonyl (C=O) groups excluding carboxylic acids is 1. The number of piperazine rings is 1. The average molecular weight is 751 g/mol.